The molecule has 1 saturated heterocycles. The zero-order chi connectivity index (χ0) is 25.3. The van der Waals surface area contributed by atoms with E-state index in [0.29, 0.717) is 31.7 Å². The number of aromatic nitrogens is 3. The molecule has 0 aliphatic carbocycles. The number of hydrogen-bond acceptors (Lipinski definition) is 7. The highest BCUT2D eigenvalue weighted by molar-refractivity contribution is 5.81. The van der Waals surface area contributed by atoms with Crippen LogP contribution in [0.1, 0.15) is 44.4 Å². The van der Waals surface area contributed by atoms with Crippen LogP contribution in [0.5, 0.6) is 0 Å². The van der Waals surface area contributed by atoms with Gasteiger partial charge >= 0.3 is 5.97 Å². The predicted octanol–water partition coefficient (Wildman–Crippen LogP) is 2.46. The molecule has 3 heterocycles. The van der Waals surface area contributed by atoms with Crippen LogP contribution in [-0.4, -0.2) is 56.7 Å². The zero-order valence-electron chi connectivity index (χ0n) is 20.9. The second-order valence-electron chi connectivity index (χ2n) is 9.57. The Kier molecular flexibility index (Phi) is 7.39. The zero-order valence-corrected chi connectivity index (χ0v) is 20.9. The molecule has 1 fully saturated rings. The van der Waals surface area contributed by atoms with Gasteiger partial charge in [-0.05, 0) is 51.5 Å². The van der Waals surface area contributed by atoms with Gasteiger partial charge in [-0.2, -0.15) is 0 Å². The standard InChI is InChI=1S/C26H34N4O5/c1-15(2)30-22-7-6-18(12-27-23(17(4)31)26(33)35-20-8-9-34-14-20)11-21(22)28-24(30)19-10-16(3)25(32)29(5)13-19/h6-7,10-11,13,15,17,20,23,27,31H,8-9,12,14H2,1-5H3/t17-,20-,23-/m0/s1. The first kappa shape index (κ1) is 25.1. The molecule has 188 valence electrons. The van der Waals surface area contributed by atoms with Crippen molar-refractivity contribution < 1.29 is 19.4 Å². The number of nitrogens with zero attached hydrogens (tertiary/aromatic N) is 3. The number of rotatable bonds is 8. The van der Waals surface area contributed by atoms with Gasteiger partial charge < -0.3 is 23.7 Å². The number of benzene rings is 1. The Morgan fingerprint density at radius 1 is 1.31 bits per heavy atom. The lowest BCUT2D eigenvalue weighted by Gasteiger charge is -2.22. The van der Waals surface area contributed by atoms with E-state index in [4.69, 9.17) is 14.5 Å². The molecule has 35 heavy (non-hydrogen) atoms. The van der Waals surface area contributed by atoms with E-state index in [9.17, 15) is 14.7 Å². The molecule has 0 spiro atoms. The van der Waals surface area contributed by atoms with E-state index in [1.807, 2.05) is 30.5 Å². The number of carbonyl (C=O) groups is 1. The van der Waals surface area contributed by atoms with Crippen molar-refractivity contribution in [2.24, 2.45) is 7.05 Å². The van der Waals surface area contributed by atoms with Gasteiger partial charge in [0.1, 0.15) is 18.0 Å². The third kappa shape index (κ3) is 5.32. The maximum absolute atomic E-state index is 12.6. The Bertz CT molecular complexity index is 1240. The van der Waals surface area contributed by atoms with E-state index in [2.05, 4.69) is 23.7 Å². The van der Waals surface area contributed by atoms with Crippen molar-refractivity contribution >= 4 is 17.0 Å². The molecule has 4 rings (SSSR count). The molecule has 2 N–H and O–H groups in total. The number of pyridine rings is 1. The summed E-state index contributed by atoms with van der Waals surface area (Å²) >= 11 is 0. The monoisotopic (exact) mass is 482 g/mol. The summed E-state index contributed by atoms with van der Waals surface area (Å²) < 4.78 is 14.5. The number of carbonyl (C=O) groups excluding carboxylic acids is 1. The molecule has 9 nitrogen and oxygen atoms in total. The summed E-state index contributed by atoms with van der Waals surface area (Å²) in [6, 6.07) is 7.17. The molecular weight excluding hydrogens is 448 g/mol. The number of hydrogen-bond donors (Lipinski definition) is 2. The summed E-state index contributed by atoms with van der Waals surface area (Å²) in [6.07, 6.45) is 1.31. The average molecular weight is 483 g/mol. The van der Waals surface area contributed by atoms with Crippen LogP contribution in [0.15, 0.2) is 35.3 Å². The quantitative estimate of drug-likeness (QED) is 0.475. The van der Waals surface area contributed by atoms with Crippen molar-refractivity contribution in [2.45, 2.75) is 65.0 Å². The topological polar surface area (TPSA) is 108 Å². The van der Waals surface area contributed by atoms with Gasteiger partial charge in [-0.3, -0.25) is 14.9 Å². The van der Waals surface area contributed by atoms with E-state index < -0.39 is 18.1 Å². The highest BCUT2D eigenvalue weighted by Gasteiger charge is 2.29. The first-order valence-electron chi connectivity index (χ1n) is 12.0. The molecule has 0 saturated carbocycles. The first-order chi connectivity index (χ1) is 16.7. The minimum Gasteiger partial charge on any atom is -0.459 e. The lowest BCUT2D eigenvalue weighted by Crippen LogP contribution is -2.46. The highest BCUT2D eigenvalue weighted by atomic mass is 16.6. The van der Waals surface area contributed by atoms with Gasteiger partial charge in [-0.15, -0.1) is 0 Å². The molecule has 0 unspecified atom stereocenters. The number of aryl methyl sites for hydroxylation is 2. The number of imidazole rings is 1. The average Bonchev–Trinajstić information content (AvgIpc) is 3.44. The van der Waals surface area contributed by atoms with Crippen LogP contribution in [0, 0.1) is 6.92 Å². The van der Waals surface area contributed by atoms with Crippen molar-refractivity contribution in [3.8, 4) is 11.4 Å². The number of ether oxygens (including phenoxy) is 2. The van der Waals surface area contributed by atoms with E-state index in [-0.39, 0.29) is 17.7 Å². The van der Waals surface area contributed by atoms with Crippen molar-refractivity contribution in [3.63, 3.8) is 0 Å². The third-order valence-corrected chi connectivity index (χ3v) is 6.32. The van der Waals surface area contributed by atoms with Gasteiger partial charge in [0.25, 0.3) is 5.56 Å². The molecule has 1 aromatic carbocycles. The van der Waals surface area contributed by atoms with Crippen molar-refractivity contribution in [1.29, 1.82) is 0 Å². The van der Waals surface area contributed by atoms with Crippen LogP contribution >= 0.6 is 0 Å². The molecule has 0 amide bonds. The van der Waals surface area contributed by atoms with Crippen LogP contribution in [0.3, 0.4) is 0 Å². The van der Waals surface area contributed by atoms with Crippen LogP contribution in [0.25, 0.3) is 22.4 Å². The SMILES string of the molecule is Cc1cc(-c2nc3cc(CN[C@H](C(=O)O[C@H]4CCOC4)[C@H](C)O)ccc3n2C(C)C)cn(C)c1=O. The number of aliphatic hydroxyl groups is 1. The van der Waals surface area contributed by atoms with Crippen molar-refractivity contribution in [3.05, 3.63) is 51.9 Å². The summed E-state index contributed by atoms with van der Waals surface area (Å²) in [4.78, 5) is 29.7. The molecule has 9 heteroatoms. The second-order valence-corrected chi connectivity index (χ2v) is 9.57. The van der Waals surface area contributed by atoms with Crippen molar-refractivity contribution in [2.75, 3.05) is 13.2 Å². The van der Waals surface area contributed by atoms with Crippen LogP contribution < -0.4 is 10.9 Å². The highest BCUT2D eigenvalue weighted by Crippen LogP contribution is 2.29. The van der Waals surface area contributed by atoms with Gasteiger partial charge in [-0.1, -0.05) is 6.07 Å². The first-order valence-corrected chi connectivity index (χ1v) is 12.0. The second kappa shape index (κ2) is 10.3. The molecule has 1 aliphatic rings. The molecular formula is C26H34N4O5. The fraction of sp³-hybridized carbons (Fsp3) is 0.500. The minimum absolute atomic E-state index is 0.0269. The van der Waals surface area contributed by atoms with Gasteiger partial charge in [-0.25, -0.2) is 4.98 Å². The van der Waals surface area contributed by atoms with Gasteiger partial charge in [0.05, 0.1) is 30.4 Å². The summed E-state index contributed by atoms with van der Waals surface area (Å²) in [6.45, 7) is 8.91. The van der Waals surface area contributed by atoms with Gasteiger partial charge in [0.2, 0.25) is 0 Å². The smallest absolute Gasteiger partial charge is 0.326 e. The summed E-state index contributed by atoms with van der Waals surface area (Å²) in [5.41, 5.74) is 4.24. The van der Waals surface area contributed by atoms with Gasteiger partial charge in [0.15, 0.2) is 0 Å². The Labute approximate surface area is 204 Å². The fourth-order valence-electron chi connectivity index (χ4n) is 4.50. The summed E-state index contributed by atoms with van der Waals surface area (Å²) in [5.74, 6) is 0.316. The largest absolute Gasteiger partial charge is 0.459 e. The van der Waals surface area contributed by atoms with E-state index in [0.717, 1.165) is 28.0 Å². The summed E-state index contributed by atoms with van der Waals surface area (Å²) in [7, 11) is 1.74. The fourth-order valence-corrected chi connectivity index (χ4v) is 4.50. The number of fused-ring (bicyclic) bond motifs is 1. The van der Waals surface area contributed by atoms with Crippen LogP contribution in [-0.2, 0) is 27.9 Å². The van der Waals surface area contributed by atoms with E-state index in [1.165, 1.54) is 0 Å². The van der Waals surface area contributed by atoms with Crippen molar-refractivity contribution in [1.82, 2.24) is 19.4 Å². The molecule has 2 aromatic heterocycles. The Morgan fingerprint density at radius 2 is 2.09 bits per heavy atom. The maximum atomic E-state index is 12.6. The number of nitrogens with one attached hydrogen (secondary N) is 1. The molecule has 3 atom stereocenters. The minimum atomic E-state index is -0.909. The molecule has 3 aromatic rings. The molecule has 0 bridgehead atoms. The van der Waals surface area contributed by atoms with Crippen LogP contribution in [0.4, 0.5) is 0 Å². The molecule has 1 aliphatic heterocycles. The molecule has 0 radical (unpaired) electrons. The lowest BCUT2D eigenvalue weighted by molar-refractivity contribution is -0.154. The Balaban J connectivity index is 1.59. The van der Waals surface area contributed by atoms with Gasteiger partial charge in [0, 0.05) is 43.4 Å². The lowest BCUT2D eigenvalue weighted by atomic mass is 10.1. The number of aliphatic hydroxyl groups excluding tert-OH is 1. The van der Waals surface area contributed by atoms with Crippen LogP contribution in [0.2, 0.25) is 0 Å². The maximum Gasteiger partial charge on any atom is 0.326 e. The predicted molar refractivity (Wildman–Crippen MR) is 133 cm³/mol. The number of esters is 1. The van der Waals surface area contributed by atoms with E-state index in [1.54, 1.807) is 25.5 Å². The van der Waals surface area contributed by atoms with E-state index >= 15 is 0 Å². The summed E-state index contributed by atoms with van der Waals surface area (Å²) in [5, 5.41) is 13.3. The normalized spacial score (nSPS) is 17.7. The Morgan fingerprint density at radius 3 is 2.71 bits per heavy atom. The third-order valence-electron chi connectivity index (χ3n) is 6.32. The Hall–Kier alpha value is -3.01.